The number of benzene rings is 1. The molecule has 0 aromatic heterocycles. The first-order valence-corrected chi connectivity index (χ1v) is 7.90. The molecule has 1 aromatic carbocycles. The molecule has 0 saturated carbocycles. The van der Waals surface area contributed by atoms with E-state index in [-0.39, 0.29) is 18.1 Å². The lowest BCUT2D eigenvalue weighted by molar-refractivity contribution is -0.127. The number of amides is 1. The highest BCUT2D eigenvalue weighted by atomic mass is 16.5. The van der Waals surface area contributed by atoms with Gasteiger partial charge in [0.2, 0.25) is 0 Å². The minimum atomic E-state index is -0.372. The Morgan fingerprint density at radius 2 is 2.24 bits per heavy atom. The summed E-state index contributed by atoms with van der Waals surface area (Å²) in [6.07, 6.45) is 2.46. The molecule has 21 heavy (non-hydrogen) atoms. The fraction of sp³-hybridized carbons (Fsp3) is 0.588. The summed E-state index contributed by atoms with van der Waals surface area (Å²) in [6, 6.07) is 6.36. The molecule has 4 nitrogen and oxygen atoms in total. The van der Waals surface area contributed by atoms with Crippen molar-refractivity contribution in [3.05, 3.63) is 29.3 Å². The van der Waals surface area contributed by atoms with Crippen molar-refractivity contribution in [3.63, 3.8) is 0 Å². The van der Waals surface area contributed by atoms with Crippen molar-refractivity contribution in [2.45, 2.75) is 52.2 Å². The number of carbonyl (C=O) groups is 1. The number of nitrogens with one attached hydrogen (secondary N) is 2. The van der Waals surface area contributed by atoms with Crippen molar-refractivity contribution < 1.29 is 9.53 Å². The van der Waals surface area contributed by atoms with Crippen LogP contribution in [-0.2, 0) is 4.79 Å². The van der Waals surface area contributed by atoms with Gasteiger partial charge in [-0.3, -0.25) is 4.79 Å². The van der Waals surface area contributed by atoms with E-state index in [4.69, 9.17) is 4.74 Å². The van der Waals surface area contributed by atoms with E-state index in [1.165, 1.54) is 5.56 Å². The van der Waals surface area contributed by atoms with Gasteiger partial charge in [-0.2, -0.15) is 0 Å². The molecule has 2 atom stereocenters. The Labute approximate surface area is 127 Å². The Kier molecular flexibility index (Phi) is 5.62. The Hall–Kier alpha value is -1.55. The van der Waals surface area contributed by atoms with Crippen molar-refractivity contribution in [2.24, 2.45) is 0 Å². The molecule has 1 amide bonds. The summed E-state index contributed by atoms with van der Waals surface area (Å²) >= 11 is 0. The van der Waals surface area contributed by atoms with Gasteiger partial charge in [0.15, 0.2) is 6.10 Å². The molecule has 0 bridgehead atoms. The largest absolute Gasteiger partial charge is 0.480 e. The van der Waals surface area contributed by atoms with Gasteiger partial charge in [0.1, 0.15) is 5.75 Å². The molecular formula is C17H26N2O2. The first-order valence-electron chi connectivity index (χ1n) is 7.90. The Morgan fingerprint density at radius 3 is 3.00 bits per heavy atom. The zero-order valence-electron chi connectivity index (χ0n) is 13.2. The van der Waals surface area contributed by atoms with Crippen LogP contribution >= 0.6 is 0 Å². The van der Waals surface area contributed by atoms with Gasteiger partial charge < -0.3 is 15.4 Å². The fourth-order valence-corrected chi connectivity index (χ4v) is 2.71. The van der Waals surface area contributed by atoms with Crippen molar-refractivity contribution in [1.82, 2.24) is 10.6 Å². The van der Waals surface area contributed by atoms with Crippen molar-refractivity contribution >= 4 is 5.91 Å². The first-order chi connectivity index (χ1) is 10.1. The summed E-state index contributed by atoms with van der Waals surface area (Å²) in [4.78, 5) is 12.0. The summed E-state index contributed by atoms with van der Waals surface area (Å²) in [5.74, 6) is 0.825. The van der Waals surface area contributed by atoms with Crippen LogP contribution in [0.3, 0.4) is 0 Å². The zero-order chi connectivity index (χ0) is 15.2. The second-order valence-corrected chi connectivity index (χ2v) is 5.71. The molecule has 1 fully saturated rings. The molecule has 2 rings (SSSR count). The maximum Gasteiger partial charge on any atom is 0.261 e. The summed E-state index contributed by atoms with van der Waals surface area (Å²) in [7, 11) is 0. The summed E-state index contributed by atoms with van der Waals surface area (Å²) in [6.45, 7) is 7.94. The quantitative estimate of drug-likeness (QED) is 0.876. The van der Waals surface area contributed by atoms with Gasteiger partial charge in [0, 0.05) is 18.2 Å². The molecule has 1 aliphatic heterocycles. The number of hydrogen-bond donors (Lipinski definition) is 2. The van der Waals surface area contributed by atoms with Gasteiger partial charge >= 0.3 is 0 Å². The normalized spacial score (nSPS) is 20.5. The predicted molar refractivity (Wildman–Crippen MR) is 84.5 cm³/mol. The predicted octanol–water partition coefficient (Wildman–Crippen LogP) is 2.71. The average molecular weight is 290 g/mol. The third kappa shape index (κ3) is 4.21. The molecule has 1 heterocycles. The molecular weight excluding hydrogens is 264 g/mol. The van der Waals surface area contributed by atoms with Gasteiger partial charge in [0.05, 0.1) is 0 Å². The van der Waals surface area contributed by atoms with Crippen LogP contribution in [0.4, 0.5) is 0 Å². The molecule has 116 valence electrons. The molecule has 4 heteroatoms. The lowest BCUT2D eigenvalue weighted by Gasteiger charge is -2.22. The summed E-state index contributed by atoms with van der Waals surface area (Å²) in [5.41, 5.74) is 2.32. The number of aryl methyl sites for hydroxylation is 1. The first kappa shape index (κ1) is 15.8. The number of carbonyl (C=O) groups excluding carboxylic acids is 1. The van der Waals surface area contributed by atoms with Crippen LogP contribution in [-0.4, -0.2) is 25.1 Å². The topological polar surface area (TPSA) is 50.4 Å². The SMILES string of the molecule is CCNC(C)c1cc(C)ccc1OC1CCCCNC1=O. The van der Waals surface area contributed by atoms with Crippen LogP contribution in [0.1, 0.15) is 50.3 Å². The number of ether oxygens (including phenoxy) is 1. The molecule has 1 aromatic rings. The summed E-state index contributed by atoms with van der Waals surface area (Å²) in [5, 5.41) is 6.33. The second kappa shape index (κ2) is 7.46. The maximum atomic E-state index is 12.0. The van der Waals surface area contributed by atoms with Crippen LogP contribution in [0.25, 0.3) is 0 Å². The fourth-order valence-electron chi connectivity index (χ4n) is 2.71. The van der Waals surface area contributed by atoms with Crippen molar-refractivity contribution in [2.75, 3.05) is 13.1 Å². The average Bonchev–Trinajstić information content (AvgIpc) is 2.66. The molecule has 0 aliphatic carbocycles. The molecule has 1 aliphatic rings. The van der Waals surface area contributed by atoms with Crippen molar-refractivity contribution in [1.29, 1.82) is 0 Å². The van der Waals surface area contributed by atoms with Gasteiger partial charge in [-0.15, -0.1) is 0 Å². The number of rotatable bonds is 5. The van der Waals surface area contributed by atoms with E-state index >= 15 is 0 Å². The maximum absolute atomic E-state index is 12.0. The lowest BCUT2D eigenvalue weighted by Crippen LogP contribution is -2.36. The smallest absolute Gasteiger partial charge is 0.261 e. The zero-order valence-corrected chi connectivity index (χ0v) is 13.2. The van der Waals surface area contributed by atoms with Gasteiger partial charge in [-0.1, -0.05) is 24.6 Å². The van der Waals surface area contributed by atoms with Crippen LogP contribution in [0.15, 0.2) is 18.2 Å². The highest BCUT2D eigenvalue weighted by molar-refractivity contribution is 5.81. The van der Waals surface area contributed by atoms with Crippen LogP contribution in [0.2, 0.25) is 0 Å². The van der Waals surface area contributed by atoms with Gasteiger partial charge in [-0.05, 0) is 45.7 Å². The molecule has 2 unspecified atom stereocenters. The minimum absolute atomic E-state index is 0.00938. The Balaban J connectivity index is 2.19. The third-order valence-electron chi connectivity index (χ3n) is 3.90. The molecule has 2 N–H and O–H groups in total. The minimum Gasteiger partial charge on any atom is -0.480 e. The molecule has 1 saturated heterocycles. The van der Waals surface area contributed by atoms with E-state index in [1.54, 1.807) is 0 Å². The van der Waals surface area contributed by atoms with Crippen molar-refractivity contribution in [3.8, 4) is 5.75 Å². The van der Waals surface area contributed by atoms with Crippen LogP contribution in [0, 0.1) is 6.92 Å². The summed E-state index contributed by atoms with van der Waals surface area (Å²) < 4.78 is 6.05. The highest BCUT2D eigenvalue weighted by Gasteiger charge is 2.24. The standard InChI is InChI=1S/C17H26N2O2/c1-4-18-13(3)14-11-12(2)8-9-15(14)21-16-7-5-6-10-19-17(16)20/h8-9,11,13,16,18H,4-7,10H2,1-3H3,(H,19,20). The van der Waals surface area contributed by atoms with Crippen LogP contribution < -0.4 is 15.4 Å². The Morgan fingerprint density at radius 1 is 1.43 bits per heavy atom. The highest BCUT2D eigenvalue weighted by Crippen LogP contribution is 2.28. The van der Waals surface area contributed by atoms with Gasteiger partial charge in [0.25, 0.3) is 5.91 Å². The molecule has 0 radical (unpaired) electrons. The third-order valence-corrected chi connectivity index (χ3v) is 3.90. The van der Waals surface area contributed by atoms with E-state index in [0.29, 0.717) is 0 Å². The van der Waals surface area contributed by atoms with E-state index in [2.05, 4.69) is 37.5 Å². The number of hydrogen-bond acceptors (Lipinski definition) is 3. The Bertz CT molecular complexity index is 488. The van der Waals surface area contributed by atoms with E-state index in [0.717, 1.165) is 43.7 Å². The second-order valence-electron chi connectivity index (χ2n) is 5.71. The monoisotopic (exact) mass is 290 g/mol. The van der Waals surface area contributed by atoms with Gasteiger partial charge in [-0.25, -0.2) is 0 Å². The molecule has 0 spiro atoms. The van der Waals surface area contributed by atoms with E-state index in [1.807, 2.05) is 12.1 Å². The van der Waals surface area contributed by atoms with Crippen LogP contribution in [0.5, 0.6) is 5.75 Å². The van der Waals surface area contributed by atoms with E-state index in [9.17, 15) is 4.79 Å². The van der Waals surface area contributed by atoms with E-state index < -0.39 is 0 Å². The lowest BCUT2D eigenvalue weighted by atomic mass is 10.0.